The first kappa shape index (κ1) is 6.35. The van der Waals surface area contributed by atoms with Gasteiger partial charge < -0.3 is 0 Å². The molecule has 0 unspecified atom stereocenters. The predicted molar refractivity (Wildman–Crippen MR) is 36.6 cm³/mol. The lowest BCUT2D eigenvalue weighted by molar-refractivity contribution is 0.947. The number of azo groups is 1. The van der Waals surface area contributed by atoms with Gasteiger partial charge in [-0.2, -0.15) is 10.2 Å². The van der Waals surface area contributed by atoms with Crippen LogP contribution in [0.15, 0.2) is 21.9 Å². The van der Waals surface area contributed by atoms with E-state index in [-0.39, 0.29) is 0 Å². The molecule has 48 valence electrons. The van der Waals surface area contributed by atoms with Gasteiger partial charge in [0.25, 0.3) is 0 Å². The van der Waals surface area contributed by atoms with Crippen LogP contribution in [0.4, 0.5) is 0 Å². The molecule has 1 aromatic rings. The topological polar surface area (TPSA) is 37.6 Å². The monoisotopic (exact) mass is 141 g/mol. The van der Waals surface area contributed by atoms with Crippen molar-refractivity contribution in [2.24, 2.45) is 10.2 Å². The van der Waals surface area contributed by atoms with Crippen molar-refractivity contribution in [3.05, 3.63) is 16.6 Å². The van der Waals surface area contributed by atoms with Crippen LogP contribution in [0.2, 0.25) is 0 Å². The lowest BCUT2D eigenvalue weighted by Gasteiger charge is -1.81. The molecule has 0 saturated heterocycles. The van der Waals surface area contributed by atoms with Crippen LogP contribution in [0.1, 0.15) is 4.88 Å². The van der Waals surface area contributed by atoms with Crippen LogP contribution in [0.3, 0.4) is 0 Å². The standard InChI is InChI=1S/C5H7N3S/c1-6-8-3-5-2-7-4-9-5/h2,4H,3H2,1H3. The average molecular weight is 141 g/mol. The molecular formula is C5H7N3S. The van der Waals surface area contributed by atoms with Gasteiger partial charge in [0, 0.05) is 18.1 Å². The summed E-state index contributed by atoms with van der Waals surface area (Å²) in [5.74, 6) is 0. The zero-order chi connectivity index (χ0) is 6.53. The number of nitrogens with zero attached hydrogens (tertiary/aromatic N) is 3. The van der Waals surface area contributed by atoms with Gasteiger partial charge in [0.05, 0.1) is 12.1 Å². The lowest BCUT2D eigenvalue weighted by atomic mass is 10.6. The molecule has 0 bridgehead atoms. The lowest BCUT2D eigenvalue weighted by Crippen LogP contribution is -1.69. The molecule has 0 aliphatic heterocycles. The van der Waals surface area contributed by atoms with Crippen molar-refractivity contribution >= 4 is 11.3 Å². The maximum absolute atomic E-state index is 3.89. The number of rotatable bonds is 2. The second-order valence-corrected chi connectivity index (χ2v) is 2.44. The van der Waals surface area contributed by atoms with Crippen LogP contribution < -0.4 is 0 Å². The van der Waals surface area contributed by atoms with E-state index in [1.54, 1.807) is 30.1 Å². The first-order chi connectivity index (χ1) is 4.43. The van der Waals surface area contributed by atoms with Gasteiger partial charge in [0.1, 0.15) is 0 Å². The molecule has 0 aliphatic rings. The van der Waals surface area contributed by atoms with E-state index >= 15 is 0 Å². The number of hydrogen-bond acceptors (Lipinski definition) is 4. The minimum absolute atomic E-state index is 0.668. The fourth-order valence-electron chi connectivity index (χ4n) is 0.461. The van der Waals surface area contributed by atoms with Gasteiger partial charge in [-0.15, -0.1) is 11.3 Å². The van der Waals surface area contributed by atoms with Crippen LogP contribution in [0, 0.1) is 0 Å². The van der Waals surface area contributed by atoms with E-state index in [1.165, 1.54) is 0 Å². The molecule has 0 aliphatic carbocycles. The molecule has 0 atom stereocenters. The highest BCUT2D eigenvalue weighted by atomic mass is 32.1. The van der Waals surface area contributed by atoms with Crippen LogP contribution in [-0.4, -0.2) is 12.0 Å². The van der Waals surface area contributed by atoms with Crippen molar-refractivity contribution < 1.29 is 0 Å². The van der Waals surface area contributed by atoms with Gasteiger partial charge in [-0.05, 0) is 0 Å². The summed E-state index contributed by atoms with van der Waals surface area (Å²) in [6.45, 7) is 0.668. The molecule has 3 nitrogen and oxygen atoms in total. The van der Waals surface area contributed by atoms with Gasteiger partial charge in [-0.25, -0.2) is 0 Å². The molecule has 9 heavy (non-hydrogen) atoms. The van der Waals surface area contributed by atoms with E-state index in [9.17, 15) is 0 Å². The summed E-state index contributed by atoms with van der Waals surface area (Å²) in [5.41, 5.74) is 1.79. The number of hydrogen-bond donors (Lipinski definition) is 0. The minimum Gasteiger partial charge on any atom is -0.253 e. The summed E-state index contributed by atoms with van der Waals surface area (Å²) >= 11 is 1.60. The van der Waals surface area contributed by atoms with Crippen molar-refractivity contribution in [1.82, 2.24) is 4.98 Å². The molecule has 1 aromatic heterocycles. The Balaban J connectivity index is 2.48. The zero-order valence-corrected chi connectivity index (χ0v) is 5.93. The first-order valence-electron chi connectivity index (χ1n) is 2.56. The third-order valence-corrected chi connectivity index (χ3v) is 1.62. The second kappa shape index (κ2) is 3.29. The molecule has 1 heterocycles. The molecule has 0 aromatic carbocycles. The SMILES string of the molecule is CN=NCc1cncs1. The quantitative estimate of drug-likeness (QED) is 0.578. The predicted octanol–water partition coefficient (Wildman–Crippen LogP) is 1.73. The summed E-state index contributed by atoms with van der Waals surface area (Å²) in [5, 5.41) is 7.42. The molecule has 0 amide bonds. The fraction of sp³-hybridized carbons (Fsp3) is 0.400. The smallest absolute Gasteiger partial charge is 0.0957 e. The fourth-order valence-corrected chi connectivity index (χ4v) is 0.972. The molecule has 1 rings (SSSR count). The van der Waals surface area contributed by atoms with Crippen LogP contribution >= 0.6 is 11.3 Å². The normalized spacial score (nSPS) is 10.8. The molecule has 0 fully saturated rings. The number of aromatic nitrogens is 1. The summed E-state index contributed by atoms with van der Waals surface area (Å²) in [6, 6.07) is 0. The Morgan fingerprint density at radius 2 is 2.67 bits per heavy atom. The summed E-state index contributed by atoms with van der Waals surface area (Å²) in [6.07, 6.45) is 1.80. The van der Waals surface area contributed by atoms with Crippen molar-refractivity contribution in [1.29, 1.82) is 0 Å². The Hall–Kier alpha value is -0.770. The van der Waals surface area contributed by atoms with Gasteiger partial charge in [-0.1, -0.05) is 0 Å². The molecule has 0 spiro atoms. The Labute approximate surface area is 57.5 Å². The Kier molecular flexibility index (Phi) is 2.32. The highest BCUT2D eigenvalue weighted by molar-refractivity contribution is 7.09. The van der Waals surface area contributed by atoms with Crippen molar-refractivity contribution in [2.45, 2.75) is 6.54 Å². The van der Waals surface area contributed by atoms with E-state index in [0.29, 0.717) is 6.54 Å². The largest absolute Gasteiger partial charge is 0.253 e. The van der Waals surface area contributed by atoms with Crippen LogP contribution in [0.25, 0.3) is 0 Å². The van der Waals surface area contributed by atoms with E-state index in [2.05, 4.69) is 15.2 Å². The average Bonchev–Trinajstić information content (AvgIpc) is 2.34. The number of thiazole rings is 1. The van der Waals surface area contributed by atoms with E-state index in [4.69, 9.17) is 0 Å². The second-order valence-electron chi connectivity index (χ2n) is 1.47. The summed E-state index contributed by atoms with van der Waals surface area (Å²) in [7, 11) is 1.67. The van der Waals surface area contributed by atoms with E-state index in [0.717, 1.165) is 4.88 Å². The van der Waals surface area contributed by atoms with Crippen molar-refractivity contribution in [2.75, 3.05) is 7.05 Å². The van der Waals surface area contributed by atoms with Crippen LogP contribution in [0.5, 0.6) is 0 Å². The highest BCUT2D eigenvalue weighted by Crippen LogP contribution is 2.05. The highest BCUT2D eigenvalue weighted by Gasteiger charge is 1.88. The molecule has 0 N–H and O–H groups in total. The van der Waals surface area contributed by atoms with Crippen LogP contribution in [-0.2, 0) is 6.54 Å². The van der Waals surface area contributed by atoms with Crippen molar-refractivity contribution in [3.8, 4) is 0 Å². The Morgan fingerprint density at radius 3 is 3.22 bits per heavy atom. The first-order valence-corrected chi connectivity index (χ1v) is 3.44. The summed E-state index contributed by atoms with van der Waals surface area (Å²) in [4.78, 5) is 5.05. The summed E-state index contributed by atoms with van der Waals surface area (Å²) < 4.78 is 0. The maximum atomic E-state index is 3.89. The zero-order valence-electron chi connectivity index (χ0n) is 5.11. The van der Waals surface area contributed by atoms with Crippen molar-refractivity contribution in [3.63, 3.8) is 0 Å². The third kappa shape index (κ3) is 1.89. The van der Waals surface area contributed by atoms with E-state index < -0.39 is 0 Å². The third-order valence-electron chi connectivity index (χ3n) is 0.851. The van der Waals surface area contributed by atoms with E-state index in [1.807, 2.05) is 0 Å². The van der Waals surface area contributed by atoms with Gasteiger partial charge in [0.2, 0.25) is 0 Å². The van der Waals surface area contributed by atoms with Gasteiger partial charge in [-0.3, -0.25) is 4.98 Å². The van der Waals surface area contributed by atoms with Gasteiger partial charge in [0.15, 0.2) is 0 Å². The molecule has 0 saturated carbocycles. The molecular weight excluding hydrogens is 134 g/mol. The van der Waals surface area contributed by atoms with Gasteiger partial charge >= 0.3 is 0 Å². The molecule has 4 heteroatoms. The molecule has 0 radical (unpaired) electrons. The minimum atomic E-state index is 0.668. The maximum Gasteiger partial charge on any atom is 0.0957 e. The Bertz CT molecular complexity index is 180. The Morgan fingerprint density at radius 1 is 1.78 bits per heavy atom.